The summed E-state index contributed by atoms with van der Waals surface area (Å²) in [6.07, 6.45) is 5.09. The van der Waals surface area contributed by atoms with E-state index in [-0.39, 0.29) is 5.82 Å². The summed E-state index contributed by atoms with van der Waals surface area (Å²) in [6, 6.07) is 10.8. The number of aromatic nitrogens is 2. The molecule has 0 aliphatic heterocycles. The van der Waals surface area contributed by atoms with Crippen molar-refractivity contribution in [1.29, 1.82) is 0 Å². The smallest absolute Gasteiger partial charge is 0.236 e. The van der Waals surface area contributed by atoms with E-state index >= 15 is 0 Å². The van der Waals surface area contributed by atoms with Gasteiger partial charge in [-0.2, -0.15) is 4.31 Å². The van der Waals surface area contributed by atoms with Gasteiger partial charge in [-0.3, -0.25) is 0 Å². The van der Waals surface area contributed by atoms with Gasteiger partial charge in [0, 0.05) is 24.7 Å². The van der Waals surface area contributed by atoms with E-state index in [1.165, 1.54) is 29.6 Å². The molecule has 3 aromatic rings. The standard InChI is InChI=1S/C22H24FN3O3S/c1-16-14-26(15-24-16)21-10-5-18(13-22(21)29-4)11-12-30(27,28)25(3)17(2)19-6-8-20(23)9-7-19/h5-15,17H,1-4H3/b12-11+/t17-/m1/s1. The molecule has 8 heteroatoms. The second-order valence-corrected chi connectivity index (χ2v) is 8.82. The Morgan fingerprint density at radius 1 is 1.20 bits per heavy atom. The Labute approximate surface area is 176 Å². The van der Waals surface area contributed by atoms with Crippen LogP contribution in [0.15, 0.2) is 60.4 Å². The lowest BCUT2D eigenvalue weighted by molar-refractivity contribution is 0.404. The average molecular weight is 430 g/mol. The van der Waals surface area contributed by atoms with Crippen LogP contribution in [-0.4, -0.2) is 36.4 Å². The number of hydrogen-bond acceptors (Lipinski definition) is 4. The molecule has 3 rings (SSSR count). The minimum atomic E-state index is -3.69. The fraction of sp³-hybridized carbons (Fsp3) is 0.227. The Hall–Kier alpha value is -2.97. The van der Waals surface area contributed by atoms with Crippen LogP contribution in [-0.2, 0) is 10.0 Å². The van der Waals surface area contributed by atoms with E-state index < -0.39 is 16.1 Å². The predicted molar refractivity (Wildman–Crippen MR) is 115 cm³/mol. The maximum absolute atomic E-state index is 13.1. The molecule has 0 saturated heterocycles. The molecule has 0 saturated carbocycles. The molecule has 1 atom stereocenters. The van der Waals surface area contributed by atoms with Crippen molar-refractivity contribution in [2.45, 2.75) is 19.9 Å². The zero-order valence-electron chi connectivity index (χ0n) is 17.3. The number of ether oxygens (including phenoxy) is 1. The maximum atomic E-state index is 13.1. The third kappa shape index (κ3) is 4.77. The molecule has 30 heavy (non-hydrogen) atoms. The van der Waals surface area contributed by atoms with Gasteiger partial charge in [0.05, 0.1) is 24.8 Å². The van der Waals surface area contributed by atoms with Crippen molar-refractivity contribution in [2.75, 3.05) is 14.2 Å². The maximum Gasteiger partial charge on any atom is 0.236 e. The second kappa shape index (κ2) is 8.81. The molecule has 1 aromatic heterocycles. The van der Waals surface area contributed by atoms with Crippen LogP contribution in [0.5, 0.6) is 5.75 Å². The van der Waals surface area contributed by atoms with Crippen LogP contribution in [0.25, 0.3) is 11.8 Å². The summed E-state index contributed by atoms with van der Waals surface area (Å²) in [4.78, 5) is 4.21. The van der Waals surface area contributed by atoms with Crippen molar-refractivity contribution in [3.05, 3.63) is 83.0 Å². The van der Waals surface area contributed by atoms with Crippen molar-refractivity contribution < 1.29 is 17.5 Å². The molecule has 0 radical (unpaired) electrons. The van der Waals surface area contributed by atoms with Crippen molar-refractivity contribution in [2.24, 2.45) is 0 Å². The second-order valence-electron chi connectivity index (χ2n) is 6.95. The van der Waals surface area contributed by atoms with Crippen LogP contribution in [0, 0.1) is 12.7 Å². The van der Waals surface area contributed by atoms with Gasteiger partial charge in [0.2, 0.25) is 10.0 Å². The Morgan fingerprint density at radius 3 is 2.50 bits per heavy atom. The lowest BCUT2D eigenvalue weighted by atomic mass is 10.1. The number of halogens is 1. The highest BCUT2D eigenvalue weighted by Gasteiger charge is 2.22. The Bertz CT molecular complexity index is 1150. The van der Waals surface area contributed by atoms with Crippen LogP contribution in [0.3, 0.4) is 0 Å². The molecule has 2 aromatic carbocycles. The van der Waals surface area contributed by atoms with Crippen molar-refractivity contribution in [1.82, 2.24) is 13.9 Å². The van der Waals surface area contributed by atoms with E-state index in [1.807, 2.05) is 29.8 Å². The average Bonchev–Trinajstić information content (AvgIpc) is 3.17. The van der Waals surface area contributed by atoms with E-state index in [9.17, 15) is 12.8 Å². The lowest BCUT2D eigenvalue weighted by Gasteiger charge is -2.23. The van der Waals surface area contributed by atoms with E-state index in [0.29, 0.717) is 16.9 Å². The van der Waals surface area contributed by atoms with Crippen molar-refractivity contribution in [3.8, 4) is 11.4 Å². The first-order valence-corrected chi connectivity index (χ1v) is 10.8. The fourth-order valence-electron chi connectivity index (χ4n) is 3.00. The third-order valence-electron chi connectivity index (χ3n) is 4.93. The molecule has 0 amide bonds. The summed E-state index contributed by atoms with van der Waals surface area (Å²) in [7, 11) is -0.632. The molecule has 0 unspecified atom stereocenters. The highest BCUT2D eigenvalue weighted by Crippen LogP contribution is 2.26. The monoisotopic (exact) mass is 429 g/mol. The van der Waals surface area contributed by atoms with Gasteiger partial charge in [-0.25, -0.2) is 17.8 Å². The predicted octanol–water partition coefficient (Wildman–Crippen LogP) is 4.32. The first-order chi connectivity index (χ1) is 14.2. The number of methoxy groups -OCH3 is 1. The SMILES string of the molecule is COc1cc(/C=C/S(=O)(=O)N(C)[C@H](C)c2ccc(F)cc2)ccc1-n1cnc(C)c1. The topological polar surface area (TPSA) is 64.4 Å². The number of nitrogens with zero attached hydrogens (tertiary/aromatic N) is 3. The van der Waals surface area contributed by atoms with Gasteiger partial charge in [-0.15, -0.1) is 0 Å². The number of imidazole rings is 1. The molecular formula is C22H24FN3O3S. The molecule has 158 valence electrons. The Balaban J connectivity index is 1.82. The van der Waals surface area contributed by atoms with E-state index in [1.54, 1.807) is 38.6 Å². The number of aryl methyl sites for hydroxylation is 1. The Kier molecular flexibility index (Phi) is 6.38. The quantitative estimate of drug-likeness (QED) is 0.561. The summed E-state index contributed by atoms with van der Waals surface area (Å²) in [6.45, 7) is 3.65. The zero-order valence-corrected chi connectivity index (χ0v) is 18.1. The van der Waals surface area contributed by atoms with Gasteiger partial charge in [-0.05, 0) is 55.3 Å². The van der Waals surface area contributed by atoms with Gasteiger partial charge in [0.25, 0.3) is 0 Å². The molecule has 0 fully saturated rings. The minimum Gasteiger partial charge on any atom is -0.495 e. The lowest BCUT2D eigenvalue weighted by Crippen LogP contribution is -2.28. The van der Waals surface area contributed by atoms with Crippen LogP contribution < -0.4 is 4.74 Å². The van der Waals surface area contributed by atoms with Gasteiger partial charge >= 0.3 is 0 Å². The number of rotatable bonds is 7. The van der Waals surface area contributed by atoms with Gasteiger partial charge in [-0.1, -0.05) is 18.2 Å². The van der Waals surface area contributed by atoms with Crippen LogP contribution in [0.2, 0.25) is 0 Å². The normalized spacial score (nSPS) is 13.1. The third-order valence-corrected chi connectivity index (χ3v) is 6.52. The minimum absolute atomic E-state index is 0.361. The van der Waals surface area contributed by atoms with Crippen LogP contribution >= 0.6 is 0 Å². The highest BCUT2D eigenvalue weighted by atomic mass is 32.2. The number of hydrogen-bond donors (Lipinski definition) is 0. The summed E-state index contributed by atoms with van der Waals surface area (Å²) in [5, 5.41) is 1.16. The van der Waals surface area contributed by atoms with E-state index in [2.05, 4.69) is 4.98 Å². The molecule has 0 spiro atoms. The molecule has 6 nitrogen and oxygen atoms in total. The molecule has 1 heterocycles. The molecule has 0 aliphatic rings. The van der Waals surface area contributed by atoms with Gasteiger partial charge in [0.15, 0.2) is 0 Å². The van der Waals surface area contributed by atoms with E-state index in [0.717, 1.165) is 16.8 Å². The number of sulfonamides is 1. The van der Waals surface area contributed by atoms with Gasteiger partial charge in [0.1, 0.15) is 11.6 Å². The van der Waals surface area contributed by atoms with Gasteiger partial charge < -0.3 is 9.30 Å². The van der Waals surface area contributed by atoms with Crippen molar-refractivity contribution in [3.63, 3.8) is 0 Å². The Morgan fingerprint density at radius 2 is 1.90 bits per heavy atom. The largest absolute Gasteiger partial charge is 0.495 e. The van der Waals surface area contributed by atoms with E-state index in [4.69, 9.17) is 4.74 Å². The zero-order chi connectivity index (χ0) is 21.9. The summed E-state index contributed by atoms with van der Waals surface area (Å²) >= 11 is 0. The first kappa shape index (κ1) is 21.7. The molecule has 0 N–H and O–H groups in total. The first-order valence-electron chi connectivity index (χ1n) is 9.32. The van der Waals surface area contributed by atoms with Crippen molar-refractivity contribution >= 4 is 16.1 Å². The van der Waals surface area contributed by atoms with Crippen LogP contribution in [0.1, 0.15) is 29.8 Å². The van der Waals surface area contributed by atoms with Crippen LogP contribution in [0.4, 0.5) is 4.39 Å². The summed E-state index contributed by atoms with van der Waals surface area (Å²) < 4.78 is 47.2. The molecular weight excluding hydrogens is 405 g/mol. The molecule has 0 bridgehead atoms. The summed E-state index contributed by atoms with van der Waals surface area (Å²) in [5.74, 6) is 0.236. The fourth-order valence-corrected chi connectivity index (χ4v) is 4.08. The highest BCUT2D eigenvalue weighted by molar-refractivity contribution is 7.92. The molecule has 0 aliphatic carbocycles. The summed E-state index contributed by atoms with van der Waals surface area (Å²) in [5.41, 5.74) is 3.07. The number of benzene rings is 2.